The van der Waals surface area contributed by atoms with Crippen molar-refractivity contribution in [1.82, 2.24) is 10.3 Å². The normalized spacial score (nSPS) is 15.8. The molecule has 1 unspecified atom stereocenters. The van der Waals surface area contributed by atoms with Crippen LogP contribution in [0, 0.1) is 0 Å². The average molecular weight is 391 g/mol. The first-order valence-corrected chi connectivity index (χ1v) is 7.52. The fourth-order valence-electron chi connectivity index (χ4n) is 2.33. The number of hydrogen-bond acceptors (Lipinski definition) is 4. The van der Waals surface area contributed by atoms with Gasteiger partial charge in [-0.1, -0.05) is 11.6 Å². The second-order valence-electron chi connectivity index (χ2n) is 5.07. The molecule has 5 nitrogen and oxygen atoms in total. The molecule has 1 amide bonds. The predicted molar refractivity (Wildman–Crippen MR) is 99.9 cm³/mol. The molecule has 1 aliphatic rings. The van der Waals surface area contributed by atoms with Gasteiger partial charge in [0.1, 0.15) is 11.5 Å². The Labute approximate surface area is 158 Å². The Hall–Kier alpha value is -1.53. The average Bonchev–Trinajstić information content (AvgIpc) is 3.05. The lowest BCUT2D eigenvalue weighted by Crippen LogP contribution is -2.35. The molecule has 0 radical (unpaired) electrons. The molecule has 2 heterocycles. The zero-order valence-electron chi connectivity index (χ0n) is 12.7. The lowest BCUT2D eigenvalue weighted by atomic mass is 10.2. The first-order valence-electron chi connectivity index (χ1n) is 7.14. The van der Waals surface area contributed by atoms with Crippen LogP contribution in [-0.2, 0) is 4.79 Å². The minimum Gasteiger partial charge on any atom is -0.456 e. The Morgan fingerprint density at radius 3 is 2.62 bits per heavy atom. The second-order valence-corrected chi connectivity index (χ2v) is 5.48. The molecule has 1 aliphatic heterocycles. The maximum absolute atomic E-state index is 12.0. The fraction of sp³-hybridized carbons (Fsp3) is 0.250. The molecular formula is C16H18Cl3N3O2. The van der Waals surface area contributed by atoms with Crippen molar-refractivity contribution in [1.29, 1.82) is 0 Å². The number of amides is 1. The number of rotatable bonds is 4. The van der Waals surface area contributed by atoms with E-state index in [-0.39, 0.29) is 36.8 Å². The van der Waals surface area contributed by atoms with Crippen molar-refractivity contribution in [2.45, 2.75) is 18.9 Å². The summed E-state index contributed by atoms with van der Waals surface area (Å²) in [7, 11) is 0. The van der Waals surface area contributed by atoms with Crippen LogP contribution in [0.2, 0.25) is 5.02 Å². The van der Waals surface area contributed by atoms with E-state index in [2.05, 4.69) is 15.6 Å². The van der Waals surface area contributed by atoms with E-state index in [0.29, 0.717) is 22.2 Å². The van der Waals surface area contributed by atoms with Gasteiger partial charge in [0, 0.05) is 18.1 Å². The molecule has 130 valence electrons. The maximum Gasteiger partial charge on any atom is 0.241 e. The van der Waals surface area contributed by atoms with Crippen LogP contribution in [0.1, 0.15) is 12.8 Å². The number of halogens is 3. The lowest BCUT2D eigenvalue weighted by molar-refractivity contribution is -0.117. The molecule has 2 N–H and O–H groups in total. The van der Waals surface area contributed by atoms with E-state index in [1.54, 1.807) is 42.7 Å². The molecule has 1 fully saturated rings. The van der Waals surface area contributed by atoms with Crippen molar-refractivity contribution >= 4 is 48.0 Å². The summed E-state index contributed by atoms with van der Waals surface area (Å²) in [5.74, 6) is 1.16. The van der Waals surface area contributed by atoms with E-state index in [1.165, 1.54) is 0 Å². The molecule has 0 saturated carbocycles. The molecule has 0 aliphatic carbocycles. The number of pyridine rings is 1. The van der Waals surface area contributed by atoms with Crippen LogP contribution >= 0.6 is 36.4 Å². The largest absolute Gasteiger partial charge is 0.456 e. The number of nitrogens with zero attached hydrogens (tertiary/aromatic N) is 1. The van der Waals surface area contributed by atoms with Crippen LogP contribution in [0.15, 0.2) is 42.7 Å². The zero-order valence-corrected chi connectivity index (χ0v) is 15.1. The van der Waals surface area contributed by atoms with Crippen LogP contribution < -0.4 is 15.4 Å². The van der Waals surface area contributed by atoms with Crippen LogP contribution in [0.25, 0.3) is 0 Å². The number of ether oxygens (including phenoxy) is 1. The molecule has 0 spiro atoms. The highest BCUT2D eigenvalue weighted by molar-refractivity contribution is 6.32. The van der Waals surface area contributed by atoms with Crippen molar-refractivity contribution in [3.63, 3.8) is 0 Å². The topological polar surface area (TPSA) is 63.2 Å². The molecule has 0 bridgehead atoms. The molecule has 3 rings (SSSR count). The Morgan fingerprint density at radius 2 is 2.00 bits per heavy atom. The van der Waals surface area contributed by atoms with Gasteiger partial charge in [0.25, 0.3) is 0 Å². The van der Waals surface area contributed by atoms with Gasteiger partial charge in [-0.3, -0.25) is 9.78 Å². The van der Waals surface area contributed by atoms with Gasteiger partial charge in [-0.15, -0.1) is 24.8 Å². The van der Waals surface area contributed by atoms with Gasteiger partial charge >= 0.3 is 0 Å². The third kappa shape index (κ3) is 5.24. The monoisotopic (exact) mass is 389 g/mol. The molecule has 1 atom stereocenters. The number of anilines is 1. The van der Waals surface area contributed by atoms with E-state index >= 15 is 0 Å². The summed E-state index contributed by atoms with van der Waals surface area (Å²) < 4.78 is 5.67. The van der Waals surface area contributed by atoms with Crippen LogP contribution in [-0.4, -0.2) is 23.5 Å². The van der Waals surface area contributed by atoms with Gasteiger partial charge in [0.2, 0.25) is 5.91 Å². The summed E-state index contributed by atoms with van der Waals surface area (Å²) in [5, 5.41) is 6.46. The molecule has 1 aromatic heterocycles. The standard InChI is InChI=1S/C16H16ClN3O2.2ClH/c17-13-10-11(20-16(21)14-2-1-7-19-14)3-4-15(13)22-12-5-8-18-9-6-12;;/h3-6,8-10,14,19H,1-2,7H2,(H,20,21);2*1H. The highest BCUT2D eigenvalue weighted by Crippen LogP contribution is 2.31. The van der Waals surface area contributed by atoms with Crippen molar-refractivity contribution in [3.05, 3.63) is 47.7 Å². The van der Waals surface area contributed by atoms with E-state index < -0.39 is 0 Å². The Balaban J connectivity index is 0.00000144. The first kappa shape index (κ1) is 20.5. The summed E-state index contributed by atoms with van der Waals surface area (Å²) in [4.78, 5) is 16.0. The van der Waals surface area contributed by atoms with Gasteiger partial charge in [-0.05, 0) is 49.7 Å². The van der Waals surface area contributed by atoms with Crippen molar-refractivity contribution in [2.24, 2.45) is 0 Å². The third-order valence-corrected chi connectivity index (χ3v) is 3.75. The molecular weight excluding hydrogens is 373 g/mol. The highest BCUT2D eigenvalue weighted by atomic mass is 35.5. The van der Waals surface area contributed by atoms with Crippen molar-refractivity contribution in [2.75, 3.05) is 11.9 Å². The Kier molecular flexibility index (Phi) is 8.28. The van der Waals surface area contributed by atoms with Gasteiger partial charge in [-0.25, -0.2) is 0 Å². The smallest absolute Gasteiger partial charge is 0.241 e. The van der Waals surface area contributed by atoms with Gasteiger partial charge in [-0.2, -0.15) is 0 Å². The number of carbonyl (C=O) groups excluding carboxylic acids is 1. The minimum absolute atomic E-state index is 0. The van der Waals surface area contributed by atoms with Crippen molar-refractivity contribution in [3.8, 4) is 11.5 Å². The van der Waals surface area contributed by atoms with E-state index in [9.17, 15) is 4.79 Å². The summed E-state index contributed by atoms with van der Waals surface area (Å²) in [6, 6.07) is 8.57. The number of nitrogens with one attached hydrogen (secondary N) is 2. The lowest BCUT2D eigenvalue weighted by Gasteiger charge is -2.13. The second kappa shape index (κ2) is 9.69. The maximum atomic E-state index is 12.0. The Morgan fingerprint density at radius 1 is 1.25 bits per heavy atom. The SMILES string of the molecule is Cl.Cl.O=C(Nc1ccc(Oc2ccncc2)c(Cl)c1)C1CCCN1. The number of benzene rings is 1. The predicted octanol–water partition coefficient (Wildman–Crippen LogP) is 4.06. The number of hydrogen-bond donors (Lipinski definition) is 2. The number of aromatic nitrogens is 1. The summed E-state index contributed by atoms with van der Waals surface area (Å²) >= 11 is 6.21. The van der Waals surface area contributed by atoms with Crippen LogP contribution in [0.4, 0.5) is 5.69 Å². The van der Waals surface area contributed by atoms with Crippen LogP contribution in [0.5, 0.6) is 11.5 Å². The summed E-state index contributed by atoms with van der Waals surface area (Å²) in [6.45, 7) is 0.886. The summed E-state index contributed by atoms with van der Waals surface area (Å²) in [6.07, 6.45) is 5.18. The molecule has 8 heteroatoms. The molecule has 1 aromatic carbocycles. The van der Waals surface area contributed by atoms with Gasteiger partial charge in [0.05, 0.1) is 11.1 Å². The van der Waals surface area contributed by atoms with Gasteiger partial charge < -0.3 is 15.4 Å². The zero-order chi connectivity index (χ0) is 15.4. The summed E-state index contributed by atoms with van der Waals surface area (Å²) in [5.41, 5.74) is 0.658. The molecule has 24 heavy (non-hydrogen) atoms. The first-order chi connectivity index (χ1) is 10.7. The third-order valence-electron chi connectivity index (χ3n) is 3.45. The van der Waals surface area contributed by atoms with E-state index in [4.69, 9.17) is 16.3 Å². The van der Waals surface area contributed by atoms with E-state index in [0.717, 1.165) is 19.4 Å². The molecule has 2 aromatic rings. The van der Waals surface area contributed by atoms with Gasteiger partial charge in [0.15, 0.2) is 0 Å². The van der Waals surface area contributed by atoms with Crippen molar-refractivity contribution < 1.29 is 9.53 Å². The fourth-order valence-corrected chi connectivity index (χ4v) is 2.55. The quantitative estimate of drug-likeness (QED) is 0.826. The molecule has 1 saturated heterocycles. The minimum atomic E-state index is -0.119. The number of carbonyl (C=O) groups is 1. The highest BCUT2D eigenvalue weighted by Gasteiger charge is 2.22. The van der Waals surface area contributed by atoms with E-state index in [1.807, 2.05) is 0 Å². The van der Waals surface area contributed by atoms with Crippen LogP contribution in [0.3, 0.4) is 0 Å². The Bertz CT molecular complexity index is 665.